The van der Waals surface area contributed by atoms with Gasteiger partial charge in [0, 0.05) is 18.1 Å². The highest BCUT2D eigenvalue weighted by atomic mass is 16.3. The maximum absolute atomic E-state index is 12.7. The second-order valence-electron chi connectivity index (χ2n) is 8.26. The molecule has 3 heteroatoms. The van der Waals surface area contributed by atoms with Crippen molar-refractivity contribution in [2.24, 2.45) is 35.0 Å². The van der Waals surface area contributed by atoms with Gasteiger partial charge in [0.25, 0.3) is 0 Å². The fourth-order valence-corrected chi connectivity index (χ4v) is 5.88. The number of aliphatic hydroxyl groups is 1. The Balaban J connectivity index is 1.37. The summed E-state index contributed by atoms with van der Waals surface area (Å²) in [6, 6.07) is 0.403. The lowest BCUT2D eigenvalue weighted by molar-refractivity contribution is -0.135. The first kappa shape index (κ1) is 13.1. The molecule has 0 aromatic heterocycles. The number of rotatable bonds is 3. The number of nitrogens with one attached hydrogen (secondary N) is 1. The summed E-state index contributed by atoms with van der Waals surface area (Å²) >= 11 is 0. The van der Waals surface area contributed by atoms with Gasteiger partial charge < -0.3 is 10.4 Å². The molecule has 2 bridgehead atoms. The summed E-state index contributed by atoms with van der Waals surface area (Å²) in [4.78, 5) is 12.7. The van der Waals surface area contributed by atoms with E-state index in [-0.39, 0.29) is 5.41 Å². The van der Waals surface area contributed by atoms with E-state index in [0.29, 0.717) is 36.3 Å². The molecule has 1 amide bonds. The van der Waals surface area contributed by atoms with Crippen LogP contribution in [0.5, 0.6) is 0 Å². The van der Waals surface area contributed by atoms with Gasteiger partial charge in [0.15, 0.2) is 0 Å². The second-order valence-corrected chi connectivity index (χ2v) is 8.26. The topological polar surface area (TPSA) is 49.3 Å². The van der Waals surface area contributed by atoms with Crippen molar-refractivity contribution in [2.45, 2.75) is 57.9 Å². The van der Waals surface area contributed by atoms with Crippen molar-refractivity contribution in [3.63, 3.8) is 0 Å². The molecule has 20 heavy (non-hydrogen) atoms. The summed E-state index contributed by atoms with van der Waals surface area (Å²) in [6.45, 7) is 2.53. The van der Waals surface area contributed by atoms with E-state index in [1.54, 1.807) is 0 Å². The minimum Gasteiger partial charge on any atom is -0.396 e. The smallest absolute Gasteiger partial charge is 0.226 e. The van der Waals surface area contributed by atoms with Gasteiger partial charge in [-0.1, -0.05) is 13.3 Å². The standard InChI is InChI=1S/C17H27NO2/c1-17(8-10-2-3-13(17)5-10)16(20)18-15-7-12-4-11(9-19)6-14(12)15/h10-15,19H,2-9H2,1H3,(H,18,20)/t10?,11?,12-,13?,14-,15+,17?/m0/s1. The zero-order valence-corrected chi connectivity index (χ0v) is 12.5. The number of fused-ring (bicyclic) bond motifs is 3. The predicted octanol–water partition coefficient (Wildman–Crippen LogP) is 2.34. The van der Waals surface area contributed by atoms with Crippen molar-refractivity contribution < 1.29 is 9.90 Å². The van der Waals surface area contributed by atoms with E-state index < -0.39 is 0 Å². The molecule has 112 valence electrons. The molecule has 2 N–H and O–H groups in total. The number of carbonyl (C=O) groups excluding carboxylic acids is 1. The van der Waals surface area contributed by atoms with Crippen molar-refractivity contribution in [1.82, 2.24) is 5.32 Å². The lowest BCUT2D eigenvalue weighted by Gasteiger charge is -2.43. The Morgan fingerprint density at radius 3 is 2.75 bits per heavy atom. The average molecular weight is 277 g/mol. The molecule has 0 heterocycles. The third kappa shape index (κ3) is 1.78. The summed E-state index contributed by atoms with van der Waals surface area (Å²) < 4.78 is 0. The van der Waals surface area contributed by atoms with Crippen LogP contribution in [0.2, 0.25) is 0 Å². The first-order chi connectivity index (χ1) is 9.60. The molecule has 0 radical (unpaired) electrons. The molecule has 3 nitrogen and oxygen atoms in total. The molecule has 0 aromatic rings. The van der Waals surface area contributed by atoms with Gasteiger partial charge in [0.1, 0.15) is 0 Å². The van der Waals surface area contributed by atoms with Gasteiger partial charge in [-0.2, -0.15) is 0 Å². The fraction of sp³-hybridized carbons (Fsp3) is 0.941. The lowest BCUT2D eigenvalue weighted by Crippen LogP contribution is -2.54. The molecule has 0 aliphatic heterocycles. The minimum atomic E-state index is -0.0804. The minimum absolute atomic E-state index is 0.0804. The quantitative estimate of drug-likeness (QED) is 0.832. The molecular weight excluding hydrogens is 250 g/mol. The summed E-state index contributed by atoms with van der Waals surface area (Å²) in [5.41, 5.74) is -0.0804. The maximum Gasteiger partial charge on any atom is 0.226 e. The van der Waals surface area contributed by atoms with Crippen LogP contribution in [0.3, 0.4) is 0 Å². The van der Waals surface area contributed by atoms with Crippen molar-refractivity contribution in [2.75, 3.05) is 6.61 Å². The van der Waals surface area contributed by atoms with Gasteiger partial charge in [-0.05, 0) is 68.1 Å². The molecule has 4 fully saturated rings. The van der Waals surface area contributed by atoms with Crippen molar-refractivity contribution in [1.29, 1.82) is 0 Å². The first-order valence-corrected chi connectivity index (χ1v) is 8.52. The van der Waals surface area contributed by atoms with E-state index in [0.717, 1.165) is 31.1 Å². The van der Waals surface area contributed by atoms with E-state index in [4.69, 9.17) is 0 Å². The van der Waals surface area contributed by atoms with Gasteiger partial charge in [-0.25, -0.2) is 0 Å². The Morgan fingerprint density at radius 2 is 2.10 bits per heavy atom. The van der Waals surface area contributed by atoms with E-state index >= 15 is 0 Å². The molecule has 0 aromatic carbocycles. The first-order valence-electron chi connectivity index (χ1n) is 8.52. The SMILES string of the molecule is CC1(C(=O)N[C@@H]2C[C@@H]3CC(CO)C[C@@H]32)CC2CCC1C2. The van der Waals surface area contributed by atoms with Gasteiger partial charge in [-0.15, -0.1) is 0 Å². The number of amides is 1. The summed E-state index contributed by atoms with van der Waals surface area (Å²) in [5.74, 6) is 3.70. The normalized spacial score (nSPS) is 52.7. The Hall–Kier alpha value is -0.570. The lowest BCUT2D eigenvalue weighted by atomic mass is 9.69. The highest BCUT2D eigenvalue weighted by Gasteiger charge is 2.54. The summed E-state index contributed by atoms with van der Waals surface area (Å²) in [6.07, 6.45) is 8.45. The van der Waals surface area contributed by atoms with Crippen molar-refractivity contribution in [3.8, 4) is 0 Å². The van der Waals surface area contributed by atoms with Gasteiger partial charge in [0.2, 0.25) is 5.91 Å². The van der Waals surface area contributed by atoms with Crippen molar-refractivity contribution >= 4 is 5.91 Å². The highest BCUT2D eigenvalue weighted by Crippen LogP contribution is 2.56. The molecule has 0 saturated heterocycles. The van der Waals surface area contributed by atoms with Crippen LogP contribution < -0.4 is 5.32 Å². The molecule has 0 spiro atoms. The van der Waals surface area contributed by atoms with Gasteiger partial charge >= 0.3 is 0 Å². The summed E-state index contributed by atoms with van der Waals surface area (Å²) in [5, 5.41) is 12.7. The molecule has 4 aliphatic carbocycles. The number of hydrogen-bond donors (Lipinski definition) is 2. The largest absolute Gasteiger partial charge is 0.396 e. The molecule has 7 atom stereocenters. The maximum atomic E-state index is 12.7. The highest BCUT2D eigenvalue weighted by molar-refractivity contribution is 5.83. The van der Waals surface area contributed by atoms with Crippen LogP contribution in [0.15, 0.2) is 0 Å². The Bertz CT molecular complexity index is 423. The predicted molar refractivity (Wildman–Crippen MR) is 76.9 cm³/mol. The van der Waals surface area contributed by atoms with E-state index in [1.807, 2.05) is 0 Å². The van der Waals surface area contributed by atoms with E-state index in [9.17, 15) is 9.90 Å². The second kappa shape index (κ2) is 4.46. The van der Waals surface area contributed by atoms with Crippen LogP contribution in [-0.4, -0.2) is 23.7 Å². The Labute approximate surface area is 121 Å². The average Bonchev–Trinajstić information content (AvgIpc) is 3.08. The van der Waals surface area contributed by atoms with E-state index in [2.05, 4.69) is 12.2 Å². The zero-order valence-electron chi connectivity index (χ0n) is 12.5. The van der Waals surface area contributed by atoms with Crippen molar-refractivity contribution in [3.05, 3.63) is 0 Å². The molecule has 4 rings (SSSR count). The number of carbonyl (C=O) groups is 1. The molecule has 4 saturated carbocycles. The third-order valence-corrected chi connectivity index (χ3v) is 7.17. The molecule has 4 aliphatic rings. The van der Waals surface area contributed by atoms with Gasteiger partial charge in [0.05, 0.1) is 0 Å². The van der Waals surface area contributed by atoms with Crippen LogP contribution in [0.25, 0.3) is 0 Å². The van der Waals surface area contributed by atoms with Crippen LogP contribution in [0.1, 0.15) is 51.9 Å². The molecule has 4 unspecified atom stereocenters. The van der Waals surface area contributed by atoms with Gasteiger partial charge in [-0.3, -0.25) is 4.79 Å². The van der Waals surface area contributed by atoms with Crippen LogP contribution in [0.4, 0.5) is 0 Å². The zero-order chi connectivity index (χ0) is 13.9. The van der Waals surface area contributed by atoms with E-state index in [1.165, 1.54) is 25.7 Å². The summed E-state index contributed by atoms with van der Waals surface area (Å²) in [7, 11) is 0. The third-order valence-electron chi connectivity index (χ3n) is 7.17. The van der Waals surface area contributed by atoms with Crippen LogP contribution >= 0.6 is 0 Å². The number of hydrogen-bond acceptors (Lipinski definition) is 2. The fourth-order valence-electron chi connectivity index (χ4n) is 5.88. The number of aliphatic hydroxyl groups excluding tert-OH is 1. The van der Waals surface area contributed by atoms with Crippen LogP contribution in [-0.2, 0) is 4.79 Å². The Morgan fingerprint density at radius 1 is 1.25 bits per heavy atom. The van der Waals surface area contributed by atoms with Crippen LogP contribution in [0, 0.1) is 35.0 Å². The molecular formula is C17H27NO2. The monoisotopic (exact) mass is 277 g/mol. The Kier molecular flexibility index (Phi) is 2.93.